The molecule has 27 heavy (non-hydrogen) atoms. The largest absolute Gasteiger partial charge is 0.493 e. The van der Waals surface area contributed by atoms with E-state index in [1.807, 2.05) is 24.3 Å². The first-order valence-corrected chi connectivity index (χ1v) is 8.55. The third-order valence-corrected chi connectivity index (χ3v) is 4.23. The summed E-state index contributed by atoms with van der Waals surface area (Å²) in [6, 6.07) is 5.83. The Morgan fingerprint density at radius 2 is 2.22 bits per heavy atom. The molecule has 1 fully saturated rings. The molecule has 1 unspecified atom stereocenters. The summed E-state index contributed by atoms with van der Waals surface area (Å²) in [4.78, 5) is 6.71. The van der Waals surface area contributed by atoms with Crippen LogP contribution in [0.3, 0.4) is 0 Å². The Labute approximate surface area is 165 Å². The number of aromatic nitrogens is 2. The molecule has 3 rings (SSSR count). The average Bonchev–Trinajstić information content (AvgIpc) is 3.14. The minimum atomic E-state index is 0. The lowest BCUT2D eigenvalue weighted by Crippen LogP contribution is -2.44. The molecule has 2 aromatic rings. The van der Waals surface area contributed by atoms with Crippen molar-refractivity contribution >= 4 is 24.6 Å². The third-order valence-electron chi connectivity index (χ3n) is 4.23. The Balaban J connectivity index is 0.00000261. The van der Waals surface area contributed by atoms with Crippen molar-refractivity contribution in [2.75, 3.05) is 40.4 Å². The lowest BCUT2D eigenvalue weighted by atomic mass is 10.2. The molecule has 1 aliphatic rings. The van der Waals surface area contributed by atoms with Crippen molar-refractivity contribution in [3.8, 4) is 11.5 Å². The molecular formula is C19H25ClN4O3. The van der Waals surface area contributed by atoms with Crippen molar-refractivity contribution in [3.05, 3.63) is 48.1 Å². The van der Waals surface area contributed by atoms with E-state index in [0.717, 1.165) is 25.2 Å². The Morgan fingerprint density at radius 1 is 1.37 bits per heavy atom. The van der Waals surface area contributed by atoms with Gasteiger partial charge in [-0.3, -0.25) is 4.90 Å². The maximum absolute atomic E-state index is 5.56. The lowest BCUT2D eigenvalue weighted by Gasteiger charge is -2.30. The van der Waals surface area contributed by atoms with E-state index in [0.29, 0.717) is 29.8 Å². The van der Waals surface area contributed by atoms with Crippen molar-refractivity contribution in [1.29, 1.82) is 0 Å². The first-order valence-electron chi connectivity index (χ1n) is 8.55. The van der Waals surface area contributed by atoms with E-state index >= 15 is 0 Å². The fourth-order valence-corrected chi connectivity index (χ4v) is 2.77. The van der Waals surface area contributed by atoms with Gasteiger partial charge in [0.05, 0.1) is 13.2 Å². The average molecular weight is 393 g/mol. The molecule has 1 N–H and O–H groups in total. The van der Waals surface area contributed by atoms with Crippen LogP contribution in [-0.4, -0.2) is 55.4 Å². The van der Waals surface area contributed by atoms with Crippen molar-refractivity contribution < 1.29 is 14.0 Å². The summed E-state index contributed by atoms with van der Waals surface area (Å²) in [5.41, 5.74) is 0.948. The monoisotopic (exact) mass is 392 g/mol. The number of nitrogens with zero attached hydrogens (tertiary/aromatic N) is 3. The number of halogens is 1. The number of ether oxygens (including phenoxy) is 2. The summed E-state index contributed by atoms with van der Waals surface area (Å²) in [5.74, 6) is 2.52. The smallest absolute Gasteiger partial charge is 0.250 e. The van der Waals surface area contributed by atoms with Crippen LogP contribution in [0.15, 0.2) is 35.4 Å². The van der Waals surface area contributed by atoms with Crippen LogP contribution in [0.5, 0.6) is 11.5 Å². The van der Waals surface area contributed by atoms with E-state index < -0.39 is 0 Å². The highest BCUT2D eigenvalue weighted by Crippen LogP contribution is 2.29. The van der Waals surface area contributed by atoms with E-state index in [4.69, 9.17) is 14.0 Å². The second-order valence-electron chi connectivity index (χ2n) is 6.03. The van der Waals surface area contributed by atoms with Gasteiger partial charge in [0.15, 0.2) is 17.3 Å². The standard InChI is InChI=1S/C19H24N4O3.ClH/c1-4-11-25-16-7-5-14(12-17(16)24-3)6-8-18-21-19(22-26-18)15-13-20-9-10-23(15)2;/h4-8,12,15,20H,1,9-11,13H2,2-3H3;1H/b8-6+;. The molecule has 8 heteroatoms. The highest BCUT2D eigenvalue weighted by molar-refractivity contribution is 5.85. The highest BCUT2D eigenvalue weighted by atomic mass is 35.5. The molecule has 146 valence electrons. The van der Waals surface area contributed by atoms with Gasteiger partial charge in [0.2, 0.25) is 0 Å². The summed E-state index contributed by atoms with van der Waals surface area (Å²) < 4.78 is 16.3. The van der Waals surface area contributed by atoms with Crippen molar-refractivity contribution in [2.45, 2.75) is 6.04 Å². The summed E-state index contributed by atoms with van der Waals surface area (Å²) in [7, 11) is 3.68. The molecule has 1 aliphatic heterocycles. The zero-order valence-electron chi connectivity index (χ0n) is 15.6. The van der Waals surface area contributed by atoms with E-state index in [-0.39, 0.29) is 18.4 Å². The molecule has 7 nitrogen and oxygen atoms in total. The SMILES string of the molecule is C=CCOc1ccc(/C=C/c2nc(C3CNCCN3C)no2)cc1OC.Cl. The Hall–Kier alpha value is -2.35. The summed E-state index contributed by atoms with van der Waals surface area (Å²) in [5, 5.41) is 7.46. The molecule has 0 radical (unpaired) electrons. The number of hydrogen-bond acceptors (Lipinski definition) is 7. The van der Waals surface area contributed by atoms with Gasteiger partial charge in [0, 0.05) is 25.7 Å². The fraction of sp³-hybridized carbons (Fsp3) is 0.368. The van der Waals surface area contributed by atoms with Crippen molar-refractivity contribution in [1.82, 2.24) is 20.4 Å². The minimum Gasteiger partial charge on any atom is -0.493 e. The van der Waals surface area contributed by atoms with Crippen LogP contribution in [0.4, 0.5) is 0 Å². The number of nitrogens with one attached hydrogen (secondary N) is 1. The predicted molar refractivity (Wildman–Crippen MR) is 107 cm³/mol. The quantitative estimate of drug-likeness (QED) is 0.726. The van der Waals surface area contributed by atoms with Crippen LogP contribution in [0.25, 0.3) is 12.2 Å². The Bertz CT molecular complexity index is 778. The molecule has 2 heterocycles. The molecule has 1 aromatic heterocycles. The normalized spacial score (nSPS) is 17.5. The van der Waals surface area contributed by atoms with Crippen LogP contribution in [0.1, 0.15) is 23.3 Å². The fourth-order valence-electron chi connectivity index (χ4n) is 2.77. The van der Waals surface area contributed by atoms with Gasteiger partial charge < -0.3 is 19.3 Å². The second-order valence-corrected chi connectivity index (χ2v) is 6.03. The van der Waals surface area contributed by atoms with Crippen LogP contribution >= 0.6 is 12.4 Å². The van der Waals surface area contributed by atoms with E-state index in [9.17, 15) is 0 Å². The zero-order chi connectivity index (χ0) is 18.4. The Morgan fingerprint density at radius 3 is 2.96 bits per heavy atom. The van der Waals surface area contributed by atoms with Crippen molar-refractivity contribution in [2.24, 2.45) is 0 Å². The molecule has 0 bridgehead atoms. The molecule has 0 spiro atoms. The number of likely N-dealkylation sites (N-methyl/N-ethyl adjacent to an activating group) is 1. The summed E-state index contributed by atoms with van der Waals surface area (Å²) in [6.07, 6.45) is 5.39. The number of benzene rings is 1. The maximum atomic E-state index is 5.56. The van der Waals surface area contributed by atoms with Gasteiger partial charge in [-0.25, -0.2) is 0 Å². The zero-order valence-corrected chi connectivity index (χ0v) is 16.4. The molecular weight excluding hydrogens is 368 g/mol. The van der Waals surface area contributed by atoms with E-state index in [1.165, 1.54) is 0 Å². The highest BCUT2D eigenvalue weighted by Gasteiger charge is 2.24. The van der Waals surface area contributed by atoms with Gasteiger partial charge in [-0.15, -0.1) is 12.4 Å². The van der Waals surface area contributed by atoms with Crippen LogP contribution in [-0.2, 0) is 0 Å². The molecule has 1 aromatic carbocycles. The predicted octanol–water partition coefficient (Wildman–Crippen LogP) is 2.81. The first kappa shape index (κ1) is 21.0. The van der Waals surface area contributed by atoms with E-state index in [1.54, 1.807) is 19.3 Å². The van der Waals surface area contributed by atoms with Crippen molar-refractivity contribution in [3.63, 3.8) is 0 Å². The number of hydrogen-bond donors (Lipinski definition) is 1. The summed E-state index contributed by atoms with van der Waals surface area (Å²) >= 11 is 0. The van der Waals surface area contributed by atoms with Crippen LogP contribution in [0.2, 0.25) is 0 Å². The first-order chi connectivity index (χ1) is 12.7. The van der Waals surface area contributed by atoms with Gasteiger partial charge in [-0.2, -0.15) is 4.98 Å². The number of piperazine rings is 1. The lowest BCUT2D eigenvalue weighted by molar-refractivity contribution is 0.190. The molecule has 0 amide bonds. The van der Waals surface area contributed by atoms with Gasteiger partial charge >= 0.3 is 0 Å². The molecule has 0 saturated carbocycles. The van der Waals surface area contributed by atoms with Gasteiger partial charge in [-0.05, 0) is 30.8 Å². The second kappa shape index (κ2) is 10.1. The minimum absolute atomic E-state index is 0. The molecule has 0 aliphatic carbocycles. The van der Waals surface area contributed by atoms with E-state index in [2.05, 4.69) is 34.0 Å². The third kappa shape index (κ3) is 5.32. The van der Waals surface area contributed by atoms with Crippen LogP contribution in [0, 0.1) is 0 Å². The number of methoxy groups -OCH3 is 1. The maximum Gasteiger partial charge on any atom is 0.250 e. The topological polar surface area (TPSA) is 72.7 Å². The van der Waals surface area contributed by atoms with Gasteiger partial charge in [-0.1, -0.05) is 23.9 Å². The molecule has 1 saturated heterocycles. The number of rotatable bonds is 7. The van der Waals surface area contributed by atoms with Gasteiger partial charge in [0.1, 0.15) is 6.61 Å². The van der Waals surface area contributed by atoms with Crippen LogP contribution < -0.4 is 14.8 Å². The van der Waals surface area contributed by atoms with Gasteiger partial charge in [0.25, 0.3) is 5.89 Å². The summed E-state index contributed by atoms with van der Waals surface area (Å²) in [6.45, 7) is 6.84. The molecule has 1 atom stereocenters. The Kier molecular flexibility index (Phi) is 7.84.